The van der Waals surface area contributed by atoms with Crippen LogP contribution >= 0.6 is 0 Å². The van der Waals surface area contributed by atoms with Gasteiger partial charge in [0.15, 0.2) is 0 Å². The lowest BCUT2D eigenvalue weighted by Gasteiger charge is -2.33. The molecule has 0 saturated carbocycles. The summed E-state index contributed by atoms with van der Waals surface area (Å²) in [6, 6.07) is 13.5. The number of likely N-dealkylation sites (tertiary alicyclic amines) is 1. The molecule has 0 aliphatic carbocycles. The number of carbonyl (C=O) groups is 1. The molecule has 2 aromatic rings. The Morgan fingerprint density at radius 2 is 1.80 bits per heavy atom. The lowest BCUT2D eigenvalue weighted by molar-refractivity contribution is -0.131. The number of sulfonamides is 1. The van der Waals surface area contributed by atoms with Crippen molar-refractivity contribution in [3.05, 3.63) is 54.1 Å². The van der Waals surface area contributed by atoms with Gasteiger partial charge in [0.2, 0.25) is 5.91 Å². The summed E-state index contributed by atoms with van der Waals surface area (Å²) < 4.78 is 33.6. The molecule has 6 nitrogen and oxygen atoms in total. The zero-order valence-electron chi connectivity index (χ0n) is 17.9. The second-order valence-electron chi connectivity index (χ2n) is 7.84. The van der Waals surface area contributed by atoms with Crippen molar-refractivity contribution in [2.24, 2.45) is 5.92 Å². The third-order valence-electron chi connectivity index (χ3n) is 5.33. The molecule has 162 valence electrons. The van der Waals surface area contributed by atoms with Gasteiger partial charge in [-0.1, -0.05) is 24.6 Å². The molecule has 1 atom stereocenters. The van der Waals surface area contributed by atoms with Crippen molar-refractivity contribution in [1.29, 1.82) is 0 Å². The highest BCUT2D eigenvalue weighted by molar-refractivity contribution is 7.92. The SMILES string of the molecule is CCOc1ccc(N(CC(=O)N2CCCC(C)C2)S(=O)(=O)c2ccc(C)cc2)cc1. The third-order valence-corrected chi connectivity index (χ3v) is 7.12. The highest BCUT2D eigenvalue weighted by Crippen LogP contribution is 2.27. The van der Waals surface area contributed by atoms with Crippen LogP contribution in [-0.4, -0.2) is 45.5 Å². The van der Waals surface area contributed by atoms with E-state index in [1.54, 1.807) is 53.4 Å². The molecule has 7 heteroatoms. The summed E-state index contributed by atoms with van der Waals surface area (Å²) in [4.78, 5) is 15.0. The van der Waals surface area contributed by atoms with Crippen molar-refractivity contribution in [3.8, 4) is 5.75 Å². The first-order valence-corrected chi connectivity index (χ1v) is 11.9. The fourth-order valence-corrected chi connectivity index (χ4v) is 5.08. The summed E-state index contributed by atoms with van der Waals surface area (Å²) in [7, 11) is -3.90. The predicted octanol–water partition coefficient (Wildman–Crippen LogP) is 3.85. The van der Waals surface area contributed by atoms with E-state index in [4.69, 9.17) is 4.74 Å². The van der Waals surface area contributed by atoms with Gasteiger partial charge in [0.05, 0.1) is 17.2 Å². The molecule has 1 aliphatic rings. The lowest BCUT2D eigenvalue weighted by Crippen LogP contribution is -2.46. The van der Waals surface area contributed by atoms with Gasteiger partial charge in [-0.3, -0.25) is 9.10 Å². The monoisotopic (exact) mass is 430 g/mol. The number of anilines is 1. The van der Waals surface area contributed by atoms with E-state index < -0.39 is 10.0 Å². The minimum Gasteiger partial charge on any atom is -0.494 e. The van der Waals surface area contributed by atoms with Crippen molar-refractivity contribution in [2.75, 3.05) is 30.5 Å². The van der Waals surface area contributed by atoms with Gasteiger partial charge in [-0.05, 0) is 69.0 Å². The molecule has 0 N–H and O–H groups in total. The number of carbonyl (C=O) groups excluding carboxylic acids is 1. The van der Waals surface area contributed by atoms with E-state index in [1.165, 1.54) is 4.31 Å². The van der Waals surface area contributed by atoms with Crippen LogP contribution in [0, 0.1) is 12.8 Å². The Hall–Kier alpha value is -2.54. The van der Waals surface area contributed by atoms with Gasteiger partial charge < -0.3 is 9.64 Å². The average molecular weight is 431 g/mol. The number of benzene rings is 2. The van der Waals surface area contributed by atoms with Crippen molar-refractivity contribution >= 4 is 21.6 Å². The highest BCUT2D eigenvalue weighted by atomic mass is 32.2. The van der Waals surface area contributed by atoms with Crippen LogP contribution in [-0.2, 0) is 14.8 Å². The zero-order valence-corrected chi connectivity index (χ0v) is 18.7. The summed E-state index contributed by atoms with van der Waals surface area (Å²) in [5.41, 5.74) is 1.41. The number of amides is 1. The van der Waals surface area contributed by atoms with E-state index in [0.717, 1.165) is 18.4 Å². The number of ether oxygens (including phenoxy) is 1. The fourth-order valence-electron chi connectivity index (χ4n) is 3.67. The summed E-state index contributed by atoms with van der Waals surface area (Å²) >= 11 is 0. The summed E-state index contributed by atoms with van der Waals surface area (Å²) in [5.74, 6) is 0.909. The maximum absolute atomic E-state index is 13.5. The summed E-state index contributed by atoms with van der Waals surface area (Å²) in [5, 5.41) is 0. The van der Waals surface area contributed by atoms with Gasteiger partial charge in [-0.25, -0.2) is 8.42 Å². The molecule has 0 aromatic heterocycles. The second-order valence-corrected chi connectivity index (χ2v) is 9.70. The molecule has 1 fully saturated rings. The molecule has 1 saturated heterocycles. The Kier molecular flexibility index (Phi) is 7.02. The van der Waals surface area contributed by atoms with Crippen LogP contribution in [0.15, 0.2) is 53.4 Å². The average Bonchev–Trinajstić information content (AvgIpc) is 2.73. The largest absolute Gasteiger partial charge is 0.494 e. The van der Waals surface area contributed by atoms with Crippen LogP contribution in [0.2, 0.25) is 0 Å². The maximum Gasteiger partial charge on any atom is 0.264 e. The van der Waals surface area contributed by atoms with Gasteiger partial charge in [0, 0.05) is 13.1 Å². The van der Waals surface area contributed by atoms with Crippen molar-refractivity contribution < 1.29 is 17.9 Å². The van der Waals surface area contributed by atoms with Crippen molar-refractivity contribution in [2.45, 2.75) is 38.5 Å². The molecule has 1 unspecified atom stereocenters. The van der Waals surface area contributed by atoms with Gasteiger partial charge in [-0.2, -0.15) is 0 Å². The molecule has 1 aliphatic heterocycles. The predicted molar refractivity (Wildman–Crippen MR) is 118 cm³/mol. The van der Waals surface area contributed by atoms with Crippen LogP contribution in [0.4, 0.5) is 5.69 Å². The van der Waals surface area contributed by atoms with E-state index in [9.17, 15) is 13.2 Å². The van der Waals surface area contributed by atoms with Gasteiger partial charge >= 0.3 is 0 Å². The van der Waals surface area contributed by atoms with Crippen LogP contribution in [0.5, 0.6) is 5.75 Å². The van der Waals surface area contributed by atoms with Crippen LogP contribution in [0.3, 0.4) is 0 Å². The standard InChI is InChI=1S/C23H30N2O4S/c1-4-29-21-11-9-20(10-12-21)25(17-23(26)24-15-5-6-19(3)16-24)30(27,28)22-13-7-18(2)8-14-22/h7-14,19H,4-6,15-17H2,1-3H3. The minimum atomic E-state index is -3.90. The quantitative estimate of drug-likeness (QED) is 0.669. The Balaban J connectivity index is 1.93. The molecular weight excluding hydrogens is 400 g/mol. The second kappa shape index (κ2) is 9.51. The number of piperidine rings is 1. The van der Waals surface area contributed by atoms with E-state index in [-0.39, 0.29) is 17.3 Å². The number of aryl methyl sites for hydroxylation is 1. The Morgan fingerprint density at radius 1 is 1.13 bits per heavy atom. The maximum atomic E-state index is 13.5. The molecule has 30 heavy (non-hydrogen) atoms. The normalized spacial score (nSPS) is 16.9. The van der Waals surface area contributed by atoms with E-state index in [1.807, 2.05) is 13.8 Å². The van der Waals surface area contributed by atoms with Gasteiger partial charge in [-0.15, -0.1) is 0 Å². The summed E-state index contributed by atoms with van der Waals surface area (Å²) in [6.07, 6.45) is 2.04. The first kappa shape index (κ1) is 22.2. The first-order chi connectivity index (χ1) is 14.3. The fraction of sp³-hybridized carbons (Fsp3) is 0.435. The highest BCUT2D eigenvalue weighted by Gasteiger charge is 2.30. The minimum absolute atomic E-state index is 0.168. The Morgan fingerprint density at radius 3 is 2.40 bits per heavy atom. The van der Waals surface area contributed by atoms with E-state index >= 15 is 0 Å². The van der Waals surface area contributed by atoms with Crippen molar-refractivity contribution in [3.63, 3.8) is 0 Å². The smallest absolute Gasteiger partial charge is 0.264 e. The number of rotatable bonds is 7. The summed E-state index contributed by atoms with van der Waals surface area (Å²) in [6.45, 7) is 7.55. The molecule has 2 aromatic carbocycles. The lowest BCUT2D eigenvalue weighted by atomic mass is 10.0. The Labute approximate surface area is 179 Å². The first-order valence-electron chi connectivity index (χ1n) is 10.4. The zero-order chi connectivity index (χ0) is 21.7. The molecule has 0 radical (unpaired) electrons. The topological polar surface area (TPSA) is 66.9 Å². The van der Waals surface area contributed by atoms with E-state index in [2.05, 4.69) is 6.92 Å². The number of hydrogen-bond donors (Lipinski definition) is 0. The van der Waals surface area contributed by atoms with Gasteiger partial charge in [0.25, 0.3) is 10.0 Å². The molecule has 0 bridgehead atoms. The molecule has 1 amide bonds. The van der Waals surface area contributed by atoms with Crippen LogP contribution in [0.25, 0.3) is 0 Å². The molecule has 1 heterocycles. The number of hydrogen-bond acceptors (Lipinski definition) is 4. The van der Waals surface area contributed by atoms with Crippen LogP contribution in [0.1, 0.15) is 32.3 Å². The Bertz CT molecular complexity index is 956. The van der Waals surface area contributed by atoms with Gasteiger partial charge in [0.1, 0.15) is 12.3 Å². The third kappa shape index (κ3) is 5.14. The molecular formula is C23H30N2O4S. The molecule has 3 rings (SSSR count). The van der Waals surface area contributed by atoms with Crippen LogP contribution < -0.4 is 9.04 Å². The van der Waals surface area contributed by atoms with Crippen molar-refractivity contribution in [1.82, 2.24) is 4.90 Å². The van der Waals surface area contributed by atoms with E-state index in [0.29, 0.717) is 37.1 Å². The molecule has 0 spiro atoms. The number of nitrogens with zero attached hydrogens (tertiary/aromatic N) is 2.